The number of hydrogen-bond donors (Lipinski definition) is 2. The van der Waals surface area contributed by atoms with Crippen molar-refractivity contribution < 1.29 is 19.8 Å². The molecule has 0 aliphatic carbocycles. The molecule has 86 valence electrons. The highest BCUT2D eigenvalue weighted by Gasteiger charge is 2.32. The van der Waals surface area contributed by atoms with Crippen molar-refractivity contribution in [3.63, 3.8) is 0 Å². The van der Waals surface area contributed by atoms with Gasteiger partial charge in [-0.05, 0) is 5.92 Å². The number of rotatable bonds is 4. The molecule has 0 saturated heterocycles. The van der Waals surface area contributed by atoms with Crippen LogP contribution in [0, 0.1) is 5.92 Å². The maximum Gasteiger partial charge on any atom is 0.331 e. The normalized spacial score (nSPS) is 13.7. The Kier molecular flexibility index (Phi) is 4.27. The van der Waals surface area contributed by atoms with Gasteiger partial charge in [-0.15, -0.1) is 0 Å². The van der Waals surface area contributed by atoms with E-state index in [0.717, 1.165) is 0 Å². The first-order valence-corrected chi connectivity index (χ1v) is 8.30. The van der Waals surface area contributed by atoms with E-state index in [0.29, 0.717) is 0 Å². The summed E-state index contributed by atoms with van der Waals surface area (Å²) in [4.78, 5) is 22.1. The minimum atomic E-state index is -2.14. The maximum absolute atomic E-state index is 11.1. The summed E-state index contributed by atoms with van der Waals surface area (Å²) in [6.45, 7) is 8.91. The Morgan fingerprint density at radius 3 is 1.47 bits per heavy atom. The fourth-order valence-electron chi connectivity index (χ4n) is 1.48. The summed E-state index contributed by atoms with van der Waals surface area (Å²) in [7, 11) is -2.14. The van der Waals surface area contributed by atoms with Crippen molar-refractivity contribution in [2.45, 2.75) is 33.5 Å². The summed E-state index contributed by atoms with van der Waals surface area (Å²) < 4.78 is 0. The topological polar surface area (TPSA) is 74.6 Å². The monoisotopic (exact) mass is 230 g/mol. The quantitative estimate of drug-likeness (QED) is 0.572. The van der Waals surface area contributed by atoms with E-state index in [-0.39, 0.29) is 16.7 Å². The van der Waals surface area contributed by atoms with E-state index in [4.69, 9.17) is 10.2 Å². The van der Waals surface area contributed by atoms with Crippen LogP contribution in [0.2, 0.25) is 19.6 Å². The molecule has 0 aliphatic heterocycles. The maximum atomic E-state index is 11.1. The SMILES string of the molecule is CC(C)/C(C(=O)O)=C(\C(=O)O)[Si](C)(C)C. The van der Waals surface area contributed by atoms with Crippen LogP contribution in [0.3, 0.4) is 0 Å². The number of carbonyl (C=O) groups is 2. The molecule has 0 unspecified atom stereocenters. The first kappa shape index (κ1) is 13.9. The highest BCUT2D eigenvalue weighted by atomic mass is 28.3. The molecule has 0 aliphatic rings. The third kappa shape index (κ3) is 3.51. The molecule has 0 spiro atoms. The second-order valence-corrected chi connectivity index (χ2v) is 9.80. The van der Waals surface area contributed by atoms with Gasteiger partial charge in [0.2, 0.25) is 0 Å². The van der Waals surface area contributed by atoms with E-state index in [2.05, 4.69) is 0 Å². The number of hydrogen-bond acceptors (Lipinski definition) is 2. The van der Waals surface area contributed by atoms with Gasteiger partial charge >= 0.3 is 11.9 Å². The summed E-state index contributed by atoms with van der Waals surface area (Å²) in [6, 6.07) is 0. The zero-order chi connectivity index (χ0) is 12.4. The highest BCUT2D eigenvalue weighted by Crippen LogP contribution is 2.24. The average molecular weight is 230 g/mol. The van der Waals surface area contributed by atoms with Gasteiger partial charge < -0.3 is 10.2 Å². The molecule has 15 heavy (non-hydrogen) atoms. The molecule has 0 aromatic carbocycles. The van der Waals surface area contributed by atoms with Crippen molar-refractivity contribution >= 4 is 20.0 Å². The Labute approximate surface area is 90.6 Å². The van der Waals surface area contributed by atoms with Gasteiger partial charge in [-0.25, -0.2) is 9.59 Å². The second kappa shape index (κ2) is 4.61. The molecule has 0 atom stereocenters. The summed E-state index contributed by atoms with van der Waals surface area (Å²) in [5.41, 5.74) is 0.0432. The predicted molar refractivity (Wildman–Crippen MR) is 60.5 cm³/mol. The fraction of sp³-hybridized carbons (Fsp3) is 0.600. The van der Waals surface area contributed by atoms with E-state index in [1.165, 1.54) is 0 Å². The minimum absolute atomic E-state index is 0.0432. The third-order valence-electron chi connectivity index (χ3n) is 2.04. The van der Waals surface area contributed by atoms with Gasteiger partial charge in [-0.3, -0.25) is 0 Å². The Morgan fingerprint density at radius 2 is 1.40 bits per heavy atom. The molecule has 2 N–H and O–H groups in total. The summed E-state index contributed by atoms with van der Waals surface area (Å²) in [5.74, 6) is -2.49. The Hall–Kier alpha value is -1.10. The van der Waals surface area contributed by atoms with Crippen molar-refractivity contribution in [2.24, 2.45) is 5.92 Å². The van der Waals surface area contributed by atoms with Crippen molar-refractivity contribution in [3.05, 3.63) is 10.8 Å². The molecule has 0 fully saturated rings. The number of carboxylic acid groups (broad SMARTS) is 2. The van der Waals surface area contributed by atoms with Crippen LogP contribution in [0.1, 0.15) is 13.8 Å². The predicted octanol–water partition coefficient (Wildman–Crippen LogP) is 1.99. The van der Waals surface area contributed by atoms with Crippen LogP contribution in [0.15, 0.2) is 10.8 Å². The second-order valence-electron chi connectivity index (χ2n) is 4.80. The molecule has 4 nitrogen and oxygen atoms in total. The average Bonchev–Trinajstić information content (AvgIpc) is 1.94. The lowest BCUT2D eigenvalue weighted by Gasteiger charge is -2.21. The highest BCUT2D eigenvalue weighted by molar-refractivity contribution is 6.87. The molecule has 0 saturated carbocycles. The lowest BCUT2D eigenvalue weighted by molar-refractivity contribution is -0.135. The van der Waals surface area contributed by atoms with Gasteiger partial charge in [0.15, 0.2) is 0 Å². The van der Waals surface area contributed by atoms with Crippen LogP contribution in [0.5, 0.6) is 0 Å². The molecule has 5 heteroatoms. The first-order chi connectivity index (χ1) is 6.59. The fourth-order valence-corrected chi connectivity index (χ4v) is 3.33. The molecule has 0 aromatic heterocycles. The van der Waals surface area contributed by atoms with Gasteiger partial charge in [0.05, 0.1) is 8.07 Å². The molecule has 0 rings (SSSR count). The molecule has 0 amide bonds. The van der Waals surface area contributed by atoms with Crippen LogP contribution < -0.4 is 0 Å². The van der Waals surface area contributed by atoms with E-state index in [9.17, 15) is 9.59 Å². The standard InChI is InChI=1S/C10H18O4Si/c1-6(2)7(9(11)12)8(10(13)14)15(3,4)5/h6H,1-5H3,(H,11,12)(H,13,14)/b8-7-. The third-order valence-corrected chi connectivity index (χ3v) is 4.02. The van der Waals surface area contributed by atoms with Crippen LogP contribution in [0.4, 0.5) is 0 Å². The number of carboxylic acids is 2. The smallest absolute Gasteiger partial charge is 0.331 e. The largest absolute Gasteiger partial charge is 0.478 e. The van der Waals surface area contributed by atoms with Crippen molar-refractivity contribution in [1.29, 1.82) is 0 Å². The Bertz CT molecular complexity index is 310. The van der Waals surface area contributed by atoms with E-state index >= 15 is 0 Å². The van der Waals surface area contributed by atoms with Gasteiger partial charge in [-0.2, -0.15) is 0 Å². The molecular formula is C10H18O4Si. The minimum Gasteiger partial charge on any atom is -0.478 e. The van der Waals surface area contributed by atoms with Gasteiger partial charge in [0.25, 0.3) is 0 Å². The summed E-state index contributed by atoms with van der Waals surface area (Å²) >= 11 is 0. The molecule has 0 radical (unpaired) electrons. The Morgan fingerprint density at radius 1 is 1.00 bits per heavy atom. The van der Waals surface area contributed by atoms with Crippen LogP contribution >= 0.6 is 0 Å². The Balaban J connectivity index is 5.81. The molecular weight excluding hydrogens is 212 g/mol. The van der Waals surface area contributed by atoms with E-state index < -0.39 is 20.0 Å². The molecule has 0 aromatic rings. The van der Waals surface area contributed by atoms with Crippen LogP contribution in [-0.4, -0.2) is 30.2 Å². The van der Waals surface area contributed by atoms with Gasteiger partial charge in [0, 0.05) is 10.8 Å². The molecule has 0 bridgehead atoms. The first-order valence-electron chi connectivity index (χ1n) is 4.80. The zero-order valence-electron chi connectivity index (χ0n) is 9.79. The van der Waals surface area contributed by atoms with Crippen molar-refractivity contribution in [3.8, 4) is 0 Å². The summed E-state index contributed by atoms with van der Waals surface area (Å²) in [5, 5.41) is 18.2. The van der Waals surface area contributed by atoms with Gasteiger partial charge in [-0.1, -0.05) is 33.5 Å². The lowest BCUT2D eigenvalue weighted by atomic mass is 10.0. The summed E-state index contributed by atoms with van der Waals surface area (Å²) in [6.07, 6.45) is 0. The van der Waals surface area contributed by atoms with Gasteiger partial charge in [0.1, 0.15) is 0 Å². The van der Waals surface area contributed by atoms with Crippen LogP contribution in [0.25, 0.3) is 0 Å². The molecule has 0 heterocycles. The zero-order valence-corrected chi connectivity index (χ0v) is 10.8. The van der Waals surface area contributed by atoms with E-state index in [1.54, 1.807) is 13.8 Å². The van der Waals surface area contributed by atoms with E-state index in [1.807, 2.05) is 19.6 Å². The van der Waals surface area contributed by atoms with Crippen molar-refractivity contribution in [1.82, 2.24) is 0 Å². The number of aliphatic carboxylic acids is 2. The van der Waals surface area contributed by atoms with Crippen LogP contribution in [-0.2, 0) is 9.59 Å². The lowest BCUT2D eigenvalue weighted by Crippen LogP contribution is -2.33. The van der Waals surface area contributed by atoms with Crippen molar-refractivity contribution in [2.75, 3.05) is 0 Å².